The molecule has 2 heterocycles. The molecule has 1 aromatic carbocycles. The van der Waals surface area contributed by atoms with E-state index in [2.05, 4.69) is 6.07 Å². The summed E-state index contributed by atoms with van der Waals surface area (Å²) in [6.07, 6.45) is 4.56. The number of para-hydroxylation sites is 1. The van der Waals surface area contributed by atoms with Crippen LogP contribution in [0.4, 0.5) is 0 Å². The second-order valence-electron chi connectivity index (χ2n) is 6.20. The fraction of sp³-hybridized carbons (Fsp3) is 0.647. The van der Waals surface area contributed by atoms with E-state index in [9.17, 15) is 0 Å². The van der Waals surface area contributed by atoms with Crippen molar-refractivity contribution in [2.45, 2.75) is 50.4 Å². The molecule has 0 aromatic heterocycles. The van der Waals surface area contributed by atoms with E-state index in [1.54, 1.807) is 0 Å². The molecule has 2 aliphatic heterocycles. The molecule has 0 radical (unpaired) electrons. The van der Waals surface area contributed by atoms with Gasteiger partial charge in [-0.3, -0.25) is 0 Å². The van der Waals surface area contributed by atoms with Gasteiger partial charge in [-0.1, -0.05) is 18.2 Å². The smallest absolute Gasteiger partial charge is 0.124 e. The number of ether oxygens (including phenoxy) is 2. The minimum atomic E-state index is 0.00100. The van der Waals surface area contributed by atoms with Crippen molar-refractivity contribution in [3.8, 4) is 5.75 Å². The van der Waals surface area contributed by atoms with Crippen molar-refractivity contribution in [1.82, 2.24) is 0 Å². The maximum atomic E-state index is 6.31. The van der Waals surface area contributed by atoms with Crippen LogP contribution >= 0.6 is 11.8 Å². The Hall–Kier alpha value is -0.710. The Morgan fingerprint density at radius 1 is 1.33 bits per heavy atom. The van der Waals surface area contributed by atoms with Gasteiger partial charge in [-0.05, 0) is 37.3 Å². The van der Waals surface area contributed by atoms with Gasteiger partial charge >= 0.3 is 0 Å². The second kappa shape index (κ2) is 6.59. The first-order valence-electron chi connectivity index (χ1n) is 7.91. The van der Waals surface area contributed by atoms with E-state index in [1.807, 2.05) is 36.9 Å². The summed E-state index contributed by atoms with van der Waals surface area (Å²) < 4.78 is 12.4. The van der Waals surface area contributed by atoms with Crippen LogP contribution in [0.2, 0.25) is 0 Å². The first kappa shape index (κ1) is 15.2. The highest BCUT2D eigenvalue weighted by Crippen LogP contribution is 2.39. The van der Waals surface area contributed by atoms with E-state index in [0.717, 1.165) is 43.6 Å². The summed E-state index contributed by atoms with van der Waals surface area (Å²) in [5.74, 6) is 3.37. The predicted molar refractivity (Wildman–Crippen MR) is 87.9 cm³/mol. The van der Waals surface area contributed by atoms with Crippen LogP contribution in [-0.4, -0.2) is 29.8 Å². The molecule has 0 amide bonds. The van der Waals surface area contributed by atoms with Crippen LogP contribution < -0.4 is 10.5 Å². The van der Waals surface area contributed by atoms with Gasteiger partial charge in [-0.25, -0.2) is 0 Å². The molecule has 1 aromatic rings. The zero-order valence-electron chi connectivity index (χ0n) is 12.7. The largest absolute Gasteiger partial charge is 0.490 e. The van der Waals surface area contributed by atoms with Crippen LogP contribution in [0.5, 0.6) is 5.75 Å². The van der Waals surface area contributed by atoms with Crippen molar-refractivity contribution in [2.75, 3.05) is 18.1 Å². The Labute approximate surface area is 131 Å². The first-order chi connectivity index (χ1) is 10.2. The third-order valence-corrected chi connectivity index (χ3v) is 5.54. The van der Waals surface area contributed by atoms with Gasteiger partial charge in [0.2, 0.25) is 0 Å². The number of rotatable bonds is 3. The third kappa shape index (κ3) is 3.55. The topological polar surface area (TPSA) is 44.5 Å². The lowest BCUT2D eigenvalue weighted by Gasteiger charge is -2.43. The molecule has 2 atom stereocenters. The molecule has 0 bridgehead atoms. The molecule has 21 heavy (non-hydrogen) atoms. The zero-order valence-corrected chi connectivity index (χ0v) is 13.5. The molecule has 1 spiro atoms. The maximum Gasteiger partial charge on any atom is 0.124 e. The van der Waals surface area contributed by atoms with Crippen molar-refractivity contribution in [3.05, 3.63) is 29.8 Å². The van der Waals surface area contributed by atoms with E-state index in [1.165, 1.54) is 11.5 Å². The number of hydrogen-bond donors (Lipinski definition) is 1. The van der Waals surface area contributed by atoms with Gasteiger partial charge in [0, 0.05) is 24.4 Å². The van der Waals surface area contributed by atoms with Gasteiger partial charge in [-0.2, -0.15) is 11.8 Å². The van der Waals surface area contributed by atoms with Crippen molar-refractivity contribution < 1.29 is 9.47 Å². The molecule has 3 nitrogen and oxygen atoms in total. The molecule has 2 fully saturated rings. The lowest BCUT2D eigenvalue weighted by atomic mass is 9.86. The summed E-state index contributed by atoms with van der Waals surface area (Å²) in [7, 11) is 0. The Morgan fingerprint density at radius 3 is 2.86 bits per heavy atom. The standard InChI is InChI=1S/C17H25NO2S/c1-13(18)15-4-2-3-5-16(15)20-14-6-9-19-17(12-14)7-10-21-11-8-17/h2-5,13-14H,6-12,18H2,1H3/t13-,14?/m0/s1. The number of benzene rings is 1. The van der Waals surface area contributed by atoms with E-state index >= 15 is 0 Å². The lowest BCUT2D eigenvalue weighted by Crippen LogP contribution is -2.46. The molecule has 4 heteroatoms. The minimum absolute atomic E-state index is 0.00100. The summed E-state index contributed by atoms with van der Waals surface area (Å²) in [6.45, 7) is 2.82. The Kier molecular flexibility index (Phi) is 4.77. The predicted octanol–water partition coefficient (Wildman–Crippen LogP) is 3.53. The highest BCUT2D eigenvalue weighted by Gasteiger charge is 2.39. The average Bonchev–Trinajstić information content (AvgIpc) is 2.48. The molecule has 2 saturated heterocycles. The Morgan fingerprint density at radius 2 is 2.10 bits per heavy atom. The average molecular weight is 307 g/mol. The monoisotopic (exact) mass is 307 g/mol. The van der Waals surface area contributed by atoms with E-state index in [-0.39, 0.29) is 17.7 Å². The van der Waals surface area contributed by atoms with Crippen LogP contribution in [0.1, 0.15) is 44.2 Å². The first-order valence-corrected chi connectivity index (χ1v) is 9.07. The van der Waals surface area contributed by atoms with E-state index in [4.69, 9.17) is 15.2 Å². The zero-order chi connectivity index (χ0) is 14.7. The molecule has 2 N–H and O–H groups in total. The number of thioether (sulfide) groups is 1. The molecule has 2 aliphatic rings. The highest BCUT2D eigenvalue weighted by molar-refractivity contribution is 7.99. The van der Waals surface area contributed by atoms with Crippen LogP contribution in [0.25, 0.3) is 0 Å². The molecule has 116 valence electrons. The second-order valence-corrected chi connectivity index (χ2v) is 7.43. The summed E-state index contributed by atoms with van der Waals surface area (Å²) in [4.78, 5) is 0. The summed E-state index contributed by atoms with van der Waals surface area (Å²) in [6, 6.07) is 8.15. The van der Waals surface area contributed by atoms with Gasteiger partial charge in [0.1, 0.15) is 11.9 Å². The van der Waals surface area contributed by atoms with E-state index in [0.29, 0.717) is 0 Å². The summed E-state index contributed by atoms with van der Waals surface area (Å²) >= 11 is 2.04. The van der Waals surface area contributed by atoms with Crippen molar-refractivity contribution >= 4 is 11.8 Å². The van der Waals surface area contributed by atoms with Gasteiger partial charge in [-0.15, -0.1) is 0 Å². The quantitative estimate of drug-likeness (QED) is 0.928. The maximum absolute atomic E-state index is 6.31. The van der Waals surface area contributed by atoms with Crippen LogP contribution in [0.15, 0.2) is 24.3 Å². The van der Waals surface area contributed by atoms with Crippen LogP contribution in [-0.2, 0) is 4.74 Å². The molecule has 1 unspecified atom stereocenters. The number of hydrogen-bond acceptors (Lipinski definition) is 4. The van der Waals surface area contributed by atoms with Crippen molar-refractivity contribution in [1.29, 1.82) is 0 Å². The molecule has 3 rings (SSSR count). The highest BCUT2D eigenvalue weighted by atomic mass is 32.2. The Bertz CT molecular complexity index is 466. The SMILES string of the molecule is C[C@H](N)c1ccccc1OC1CCOC2(CCSCC2)C1. The van der Waals surface area contributed by atoms with E-state index < -0.39 is 0 Å². The lowest BCUT2D eigenvalue weighted by molar-refractivity contribution is -0.116. The van der Waals surface area contributed by atoms with Gasteiger partial charge < -0.3 is 15.2 Å². The van der Waals surface area contributed by atoms with Crippen molar-refractivity contribution in [3.63, 3.8) is 0 Å². The fourth-order valence-corrected chi connectivity index (χ4v) is 4.56. The molecular formula is C17H25NO2S. The van der Waals surface area contributed by atoms with Gasteiger partial charge in [0.05, 0.1) is 12.2 Å². The number of nitrogens with two attached hydrogens (primary N) is 1. The van der Waals surface area contributed by atoms with Crippen LogP contribution in [0, 0.1) is 0 Å². The molecule has 0 aliphatic carbocycles. The molecule has 0 saturated carbocycles. The Balaban J connectivity index is 1.70. The van der Waals surface area contributed by atoms with Gasteiger partial charge in [0.25, 0.3) is 0 Å². The fourth-order valence-electron chi connectivity index (χ4n) is 3.32. The van der Waals surface area contributed by atoms with Gasteiger partial charge in [0.15, 0.2) is 0 Å². The summed E-state index contributed by atoms with van der Waals surface area (Å²) in [5, 5.41) is 0. The summed E-state index contributed by atoms with van der Waals surface area (Å²) in [5.41, 5.74) is 7.21. The molecular weight excluding hydrogens is 282 g/mol. The third-order valence-electron chi connectivity index (χ3n) is 4.55. The van der Waals surface area contributed by atoms with Crippen molar-refractivity contribution in [2.24, 2.45) is 5.73 Å². The van der Waals surface area contributed by atoms with Crippen LogP contribution in [0.3, 0.4) is 0 Å². The normalized spacial score (nSPS) is 26.5. The minimum Gasteiger partial charge on any atom is -0.490 e.